The summed E-state index contributed by atoms with van der Waals surface area (Å²) in [6.45, 7) is 7.62. The smallest absolute Gasteiger partial charge is 0.111 e. The Kier molecular flexibility index (Phi) is 4.90. The van der Waals surface area contributed by atoms with Crippen molar-refractivity contribution in [3.8, 4) is 0 Å². The number of aromatic nitrogens is 1. The van der Waals surface area contributed by atoms with Crippen LogP contribution in [0.3, 0.4) is 0 Å². The average molecular weight is 331 g/mol. The third-order valence-electron chi connectivity index (χ3n) is 4.98. The molecule has 1 unspecified atom stereocenters. The molecular formula is C18H25N3OS. The van der Waals surface area contributed by atoms with Crippen molar-refractivity contribution in [2.75, 3.05) is 45.9 Å². The first-order chi connectivity index (χ1) is 11.4. The van der Waals surface area contributed by atoms with Crippen LogP contribution in [0.25, 0.3) is 10.2 Å². The third-order valence-corrected chi connectivity index (χ3v) is 6.12. The topological polar surface area (TPSA) is 28.6 Å². The highest BCUT2D eigenvalue weighted by Gasteiger charge is 2.28. The van der Waals surface area contributed by atoms with E-state index in [2.05, 4.69) is 34.1 Å². The zero-order chi connectivity index (χ0) is 15.5. The maximum absolute atomic E-state index is 5.42. The van der Waals surface area contributed by atoms with Crippen molar-refractivity contribution < 1.29 is 4.74 Å². The molecule has 2 aliphatic rings. The van der Waals surface area contributed by atoms with E-state index < -0.39 is 0 Å². The molecule has 5 heteroatoms. The number of hydrogen-bond donors (Lipinski definition) is 0. The summed E-state index contributed by atoms with van der Waals surface area (Å²) in [4.78, 5) is 10.1. The number of morpholine rings is 1. The maximum Gasteiger partial charge on any atom is 0.111 e. The number of benzene rings is 1. The zero-order valence-corrected chi connectivity index (χ0v) is 14.4. The van der Waals surface area contributed by atoms with Gasteiger partial charge in [-0.05, 0) is 44.5 Å². The molecule has 0 spiro atoms. The minimum Gasteiger partial charge on any atom is -0.379 e. The number of para-hydroxylation sites is 1. The second kappa shape index (κ2) is 7.26. The number of hydrogen-bond acceptors (Lipinski definition) is 5. The first-order valence-corrected chi connectivity index (χ1v) is 9.61. The van der Waals surface area contributed by atoms with Crippen LogP contribution in [0.1, 0.15) is 30.3 Å². The molecular weight excluding hydrogens is 306 g/mol. The quantitative estimate of drug-likeness (QED) is 0.841. The molecule has 23 heavy (non-hydrogen) atoms. The number of fused-ring (bicyclic) bond motifs is 1. The number of rotatable bonds is 5. The highest BCUT2D eigenvalue weighted by Crippen LogP contribution is 2.36. The van der Waals surface area contributed by atoms with E-state index in [1.54, 1.807) is 0 Å². The highest BCUT2D eigenvalue weighted by atomic mass is 32.1. The molecule has 124 valence electrons. The van der Waals surface area contributed by atoms with Crippen LogP contribution in [0, 0.1) is 0 Å². The summed E-state index contributed by atoms with van der Waals surface area (Å²) in [6.07, 6.45) is 3.82. The fourth-order valence-corrected chi connectivity index (χ4v) is 4.87. The Bertz CT molecular complexity index is 605. The molecule has 2 aliphatic heterocycles. The van der Waals surface area contributed by atoms with Gasteiger partial charge < -0.3 is 4.74 Å². The first-order valence-electron chi connectivity index (χ1n) is 8.80. The minimum absolute atomic E-state index is 0.539. The van der Waals surface area contributed by atoms with Gasteiger partial charge in [-0.15, -0.1) is 11.3 Å². The first kappa shape index (κ1) is 15.5. The summed E-state index contributed by atoms with van der Waals surface area (Å²) in [7, 11) is 0. The lowest BCUT2D eigenvalue weighted by Gasteiger charge is -2.28. The zero-order valence-electron chi connectivity index (χ0n) is 13.6. The van der Waals surface area contributed by atoms with Gasteiger partial charge in [0.1, 0.15) is 5.01 Å². The van der Waals surface area contributed by atoms with Crippen molar-refractivity contribution in [2.45, 2.75) is 25.3 Å². The van der Waals surface area contributed by atoms with E-state index in [9.17, 15) is 0 Å². The molecule has 0 N–H and O–H groups in total. The Hall–Kier alpha value is -1.01. The van der Waals surface area contributed by atoms with E-state index >= 15 is 0 Å². The largest absolute Gasteiger partial charge is 0.379 e. The molecule has 2 aromatic rings. The second-order valence-corrected chi connectivity index (χ2v) is 7.58. The highest BCUT2D eigenvalue weighted by molar-refractivity contribution is 7.18. The van der Waals surface area contributed by atoms with E-state index in [0.29, 0.717) is 6.04 Å². The van der Waals surface area contributed by atoms with E-state index in [4.69, 9.17) is 9.72 Å². The molecule has 4 rings (SSSR count). The van der Waals surface area contributed by atoms with Gasteiger partial charge in [-0.1, -0.05) is 12.1 Å². The molecule has 1 aromatic heterocycles. The Balaban J connectivity index is 1.36. The maximum atomic E-state index is 5.42. The Morgan fingerprint density at radius 1 is 1.13 bits per heavy atom. The molecule has 3 heterocycles. The minimum atomic E-state index is 0.539. The lowest BCUT2D eigenvalue weighted by atomic mass is 10.2. The van der Waals surface area contributed by atoms with Crippen LogP contribution in [0.5, 0.6) is 0 Å². The Morgan fingerprint density at radius 2 is 2.00 bits per heavy atom. The Labute approximate surface area is 142 Å². The number of ether oxygens (including phenoxy) is 1. The van der Waals surface area contributed by atoms with Crippen LogP contribution in [0.4, 0.5) is 0 Å². The van der Waals surface area contributed by atoms with Gasteiger partial charge in [0.15, 0.2) is 0 Å². The lowest BCUT2D eigenvalue weighted by Crippen LogP contribution is -2.38. The van der Waals surface area contributed by atoms with Gasteiger partial charge in [0.2, 0.25) is 0 Å². The van der Waals surface area contributed by atoms with Crippen LogP contribution >= 0.6 is 11.3 Å². The number of likely N-dealkylation sites (tertiary alicyclic amines) is 1. The van der Waals surface area contributed by atoms with Gasteiger partial charge >= 0.3 is 0 Å². The standard InChI is InChI=1S/C18H25N3OS/c1-2-7-17-15(5-1)19-18(23-17)16-6-3-9-21(16)10-4-8-20-11-13-22-14-12-20/h1-2,5,7,16H,3-4,6,8-14H2. The van der Waals surface area contributed by atoms with Gasteiger partial charge in [-0.3, -0.25) is 9.80 Å². The predicted octanol–water partition coefficient (Wildman–Crippen LogP) is 3.16. The van der Waals surface area contributed by atoms with Crippen molar-refractivity contribution in [1.82, 2.24) is 14.8 Å². The molecule has 2 fully saturated rings. The van der Waals surface area contributed by atoms with Crippen molar-refractivity contribution >= 4 is 21.6 Å². The van der Waals surface area contributed by atoms with Crippen molar-refractivity contribution in [3.05, 3.63) is 29.3 Å². The molecule has 0 amide bonds. The number of thiazole rings is 1. The van der Waals surface area contributed by atoms with E-state index in [-0.39, 0.29) is 0 Å². The molecule has 0 aliphatic carbocycles. The summed E-state index contributed by atoms with van der Waals surface area (Å²) >= 11 is 1.88. The summed E-state index contributed by atoms with van der Waals surface area (Å²) in [6, 6.07) is 9.05. The predicted molar refractivity (Wildman–Crippen MR) is 95.0 cm³/mol. The van der Waals surface area contributed by atoms with Crippen molar-refractivity contribution in [2.24, 2.45) is 0 Å². The van der Waals surface area contributed by atoms with Crippen LogP contribution in [0.15, 0.2) is 24.3 Å². The molecule has 2 saturated heterocycles. The van der Waals surface area contributed by atoms with Gasteiger partial charge in [0, 0.05) is 19.6 Å². The normalized spacial score (nSPS) is 23.7. The van der Waals surface area contributed by atoms with Gasteiger partial charge in [0.25, 0.3) is 0 Å². The molecule has 1 aromatic carbocycles. The van der Waals surface area contributed by atoms with Crippen molar-refractivity contribution in [1.29, 1.82) is 0 Å². The fraction of sp³-hybridized carbons (Fsp3) is 0.611. The van der Waals surface area contributed by atoms with Crippen molar-refractivity contribution in [3.63, 3.8) is 0 Å². The Morgan fingerprint density at radius 3 is 2.87 bits per heavy atom. The molecule has 0 bridgehead atoms. The van der Waals surface area contributed by atoms with Gasteiger partial charge in [-0.2, -0.15) is 0 Å². The molecule has 1 atom stereocenters. The lowest BCUT2D eigenvalue weighted by molar-refractivity contribution is 0.0359. The summed E-state index contributed by atoms with van der Waals surface area (Å²) in [5, 5.41) is 1.31. The van der Waals surface area contributed by atoms with E-state index in [1.165, 1.54) is 48.6 Å². The molecule has 4 nitrogen and oxygen atoms in total. The summed E-state index contributed by atoms with van der Waals surface area (Å²) in [5.74, 6) is 0. The SMILES string of the molecule is c1ccc2sc(C3CCCN3CCCN3CCOCC3)nc2c1. The molecule has 0 saturated carbocycles. The average Bonchev–Trinajstić information content (AvgIpc) is 3.21. The monoisotopic (exact) mass is 331 g/mol. The second-order valence-electron chi connectivity index (χ2n) is 6.52. The van der Waals surface area contributed by atoms with Crippen LogP contribution < -0.4 is 0 Å². The van der Waals surface area contributed by atoms with Crippen LogP contribution in [-0.2, 0) is 4.74 Å². The third kappa shape index (κ3) is 3.58. The van der Waals surface area contributed by atoms with E-state index in [0.717, 1.165) is 31.8 Å². The van der Waals surface area contributed by atoms with Gasteiger partial charge in [-0.25, -0.2) is 4.98 Å². The van der Waals surface area contributed by atoms with Crippen LogP contribution in [0.2, 0.25) is 0 Å². The van der Waals surface area contributed by atoms with E-state index in [1.807, 2.05) is 11.3 Å². The summed E-state index contributed by atoms with van der Waals surface area (Å²) in [5.41, 5.74) is 1.16. The number of nitrogens with zero attached hydrogens (tertiary/aromatic N) is 3. The molecule has 0 radical (unpaired) electrons. The fourth-order valence-electron chi connectivity index (χ4n) is 3.73. The van der Waals surface area contributed by atoms with Gasteiger partial charge in [0.05, 0.1) is 29.5 Å². The van der Waals surface area contributed by atoms with Crippen LogP contribution in [-0.4, -0.2) is 60.7 Å². The summed E-state index contributed by atoms with van der Waals surface area (Å²) < 4.78 is 6.75.